The number of nitrogens with two attached hydrogens (primary N) is 1. The summed E-state index contributed by atoms with van der Waals surface area (Å²) in [4.78, 5) is 24.6. The number of fused-ring (bicyclic) bond motifs is 5. The maximum Gasteiger partial charge on any atom is 0.221 e. The zero-order chi connectivity index (χ0) is 20.1. The van der Waals surface area contributed by atoms with E-state index < -0.39 is 0 Å². The van der Waals surface area contributed by atoms with E-state index in [1.807, 2.05) is 0 Å². The molecule has 4 aliphatic rings. The van der Waals surface area contributed by atoms with E-state index in [0.29, 0.717) is 42.9 Å². The molecule has 4 fully saturated rings. The summed E-state index contributed by atoms with van der Waals surface area (Å²) in [6.07, 6.45) is 7.81. The first-order valence-electron chi connectivity index (χ1n) is 11.1. The van der Waals surface area contributed by atoms with E-state index in [0.717, 1.165) is 50.7 Å². The van der Waals surface area contributed by atoms with E-state index in [1.54, 1.807) is 0 Å². The summed E-state index contributed by atoms with van der Waals surface area (Å²) in [5.74, 6) is 2.11. The van der Waals surface area contributed by atoms with Gasteiger partial charge in [0, 0.05) is 36.8 Å². The summed E-state index contributed by atoms with van der Waals surface area (Å²) in [5, 5.41) is 16.8. The van der Waals surface area contributed by atoms with E-state index in [4.69, 9.17) is 5.73 Å². The molecule has 7 atom stereocenters. The molecule has 0 saturated heterocycles. The van der Waals surface area contributed by atoms with Crippen LogP contribution in [0.3, 0.4) is 0 Å². The highest BCUT2D eigenvalue weighted by Gasteiger charge is 2.61. The molecular formula is C22H35N3O3. The van der Waals surface area contributed by atoms with Crippen LogP contribution >= 0.6 is 0 Å². The first kappa shape index (κ1) is 19.9. The summed E-state index contributed by atoms with van der Waals surface area (Å²) in [6.45, 7) is 4.92. The zero-order valence-electron chi connectivity index (χ0n) is 17.2. The van der Waals surface area contributed by atoms with Crippen molar-refractivity contribution in [1.29, 1.82) is 0 Å². The molecule has 6 heteroatoms. The Morgan fingerprint density at radius 3 is 2.75 bits per heavy atom. The Balaban J connectivity index is 1.57. The third-order valence-electron chi connectivity index (χ3n) is 9.05. The predicted molar refractivity (Wildman–Crippen MR) is 107 cm³/mol. The minimum absolute atomic E-state index is 0.0187. The Morgan fingerprint density at radius 2 is 2.04 bits per heavy atom. The number of carbonyl (C=O) groups excluding carboxylic acids is 2. The molecule has 0 aromatic heterocycles. The van der Waals surface area contributed by atoms with Crippen molar-refractivity contribution < 1.29 is 14.8 Å². The summed E-state index contributed by atoms with van der Waals surface area (Å²) < 4.78 is 0. The van der Waals surface area contributed by atoms with Crippen molar-refractivity contribution in [3.8, 4) is 0 Å². The minimum atomic E-state index is -0.168. The monoisotopic (exact) mass is 389 g/mol. The van der Waals surface area contributed by atoms with Crippen molar-refractivity contribution in [3.05, 3.63) is 0 Å². The van der Waals surface area contributed by atoms with E-state index in [1.165, 1.54) is 0 Å². The second-order valence-corrected chi connectivity index (χ2v) is 10.2. The van der Waals surface area contributed by atoms with Crippen LogP contribution in [0.15, 0.2) is 5.16 Å². The van der Waals surface area contributed by atoms with Gasteiger partial charge in [-0.05, 0) is 68.1 Å². The molecule has 2 unspecified atom stereocenters. The van der Waals surface area contributed by atoms with Gasteiger partial charge in [0.25, 0.3) is 0 Å². The van der Waals surface area contributed by atoms with Crippen molar-refractivity contribution in [2.24, 2.45) is 45.4 Å². The van der Waals surface area contributed by atoms with Crippen molar-refractivity contribution in [2.45, 2.75) is 77.7 Å². The maximum atomic E-state index is 12.6. The average Bonchev–Trinajstić information content (AvgIpc) is 2.97. The number of oxime groups is 1. The Bertz CT molecular complexity index is 693. The summed E-state index contributed by atoms with van der Waals surface area (Å²) in [5.41, 5.74) is 6.32. The molecule has 0 aromatic rings. The number of nitrogens with one attached hydrogen (secondary N) is 1. The van der Waals surface area contributed by atoms with Crippen molar-refractivity contribution in [2.75, 3.05) is 6.54 Å². The van der Waals surface area contributed by atoms with Gasteiger partial charge in [-0.2, -0.15) is 0 Å². The van der Waals surface area contributed by atoms with Gasteiger partial charge in [0.15, 0.2) is 0 Å². The second kappa shape index (κ2) is 7.12. The number of nitrogens with zero attached hydrogens (tertiary/aromatic N) is 1. The van der Waals surface area contributed by atoms with E-state index >= 15 is 0 Å². The SMILES string of the molecule is C[C@]12CCC(NC(=O)CCN)CC1/C(=N\O)C[C@@H]1[C@H]2CC[C@]2(C)C(=O)CC[C@@H]12. The fourth-order valence-corrected chi connectivity index (χ4v) is 7.51. The van der Waals surface area contributed by atoms with Crippen molar-refractivity contribution in [1.82, 2.24) is 5.32 Å². The Hall–Kier alpha value is -1.43. The van der Waals surface area contributed by atoms with Crippen molar-refractivity contribution >= 4 is 17.4 Å². The summed E-state index contributed by atoms with van der Waals surface area (Å²) >= 11 is 0. The maximum absolute atomic E-state index is 12.6. The summed E-state index contributed by atoms with van der Waals surface area (Å²) in [7, 11) is 0. The molecule has 28 heavy (non-hydrogen) atoms. The molecule has 0 bridgehead atoms. The lowest BCUT2D eigenvalue weighted by Gasteiger charge is -2.60. The molecule has 6 nitrogen and oxygen atoms in total. The normalized spacial score (nSPS) is 46.6. The first-order valence-corrected chi connectivity index (χ1v) is 11.1. The van der Waals surface area contributed by atoms with Crippen LogP contribution in [0, 0.1) is 34.5 Å². The zero-order valence-corrected chi connectivity index (χ0v) is 17.2. The summed E-state index contributed by atoms with van der Waals surface area (Å²) in [6, 6.07) is 0.132. The van der Waals surface area contributed by atoms with Crippen LogP contribution in [-0.2, 0) is 9.59 Å². The largest absolute Gasteiger partial charge is 0.411 e. The van der Waals surface area contributed by atoms with E-state index in [9.17, 15) is 14.8 Å². The molecule has 4 N–H and O–H groups in total. The van der Waals surface area contributed by atoms with Gasteiger partial charge in [-0.1, -0.05) is 19.0 Å². The molecule has 4 aliphatic carbocycles. The van der Waals surface area contributed by atoms with Gasteiger partial charge >= 0.3 is 0 Å². The number of amides is 1. The lowest BCUT2D eigenvalue weighted by atomic mass is 9.44. The quantitative estimate of drug-likeness (QED) is 0.510. The third-order valence-corrected chi connectivity index (χ3v) is 9.05. The smallest absolute Gasteiger partial charge is 0.221 e. The van der Waals surface area contributed by atoms with Crippen LogP contribution < -0.4 is 11.1 Å². The highest BCUT2D eigenvalue weighted by atomic mass is 16.4. The number of ketones is 1. The second-order valence-electron chi connectivity index (χ2n) is 10.2. The molecule has 4 saturated carbocycles. The van der Waals surface area contributed by atoms with Gasteiger partial charge in [0.05, 0.1) is 5.71 Å². The van der Waals surface area contributed by atoms with Crippen LogP contribution in [0.2, 0.25) is 0 Å². The Labute approximate surface area is 167 Å². The molecule has 0 spiro atoms. The number of hydrogen-bond acceptors (Lipinski definition) is 5. The Morgan fingerprint density at radius 1 is 1.25 bits per heavy atom. The van der Waals surface area contributed by atoms with Crippen LogP contribution in [-0.4, -0.2) is 35.2 Å². The van der Waals surface area contributed by atoms with Crippen molar-refractivity contribution in [3.63, 3.8) is 0 Å². The Kier molecular flexibility index (Phi) is 5.05. The standard InChI is InChI=1S/C22H35N3O3/c1-21-8-5-13(24-20(27)7-10-23)11-17(21)18(25-28)12-14-15-3-4-19(26)22(15,2)9-6-16(14)21/h13-17,28H,3-12,23H2,1-2H3,(H,24,27)/b25-18-/t13?,14-,15-,16+,17?,21+,22-/m0/s1. The molecule has 0 heterocycles. The van der Waals surface area contributed by atoms with Gasteiger partial charge in [-0.3, -0.25) is 9.59 Å². The lowest BCUT2D eigenvalue weighted by Crippen LogP contribution is -2.58. The van der Waals surface area contributed by atoms with Gasteiger partial charge < -0.3 is 16.3 Å². The number of Topliss-reactive ketones (excluding diaryl/α,β-unsaturated/α-hetero) is 1. The van der Waals surface area contributed by atoms with Gasteiger partial charge in [-0.15, -0.1) is 0 Å². The third kappa shape index (κ3) is 2.90. The lowest BCUT2D eigenvalue weighted by molar-refractivity contribution is -0.134. The van der Waals surface area contributed by atoms with Gasteiger partial charge in [-0.25, -0.2) is 0 Å². The average molecular weight is 390 g/mol. The highest BCUT2D eigenvalue weighted by Crippen LogP contribution is 2.64. The van der Waals surface area contributed by atoms with Gasteiger partial charge in [0.1, 0.15) is 5.78 Å². The number of carbonyl (C=O) groups is 2. The fourth-order valence-electron chi connectivity index (χ4n) is 7.51. The molecule has 1 amide bonds. The molecule has 0 radical (unpaired) electrons. The molecule has 156 valence electrons. The predicted octanol–water partition coefficient (Wildman–Crippen LogP) is 2.87. The number of rotatable bonds is 3. The van der Waals surface area contributed by atoms with Crippen LogP contribution in [0.1, 0.15) is 71.6 Å². The topological polar surface area (TPSA) is 105 Å². The first-order chi connectivity index (χ1) is 13.3. The van der Waals surface area contributed by atoms with Crippen LogP contribution in [0.5, 0.6) is 0 Å². The molecule has 0 aliphatic heterocycles. The fraction of sp³-hybridized carbons (Fsp3) is 0.864. The van der Waals surface area contributed by atoms with Gasteiger partial charge in [0.2, 0.25) is 5.91 Å². The minimum Gasteiger partial charge on any atom is -0.411 e. The van der Waals surface area contributed by atoms with E-state index in [2.05, 4.69) is 24.3 Å². The molecule has 0 aromatic carbocycles. The number of hydrogen-bond donors (Lipinski definition) is 3. The van der Waals surface area contributed by atoms with Crippen LogP contribution in [0.25, 0.3) is 0 Å². The van der Waals surface area contributed by atoms with E-state index in [-0.39, 0.29) is 28.7 Å². The highest BCUT2D eigenvalue weighted by molar-refractivity contribution is 5.90. The van der Waals surface area contributed by atoms with Crippen LogP contribution in [0.4, 0.5) is 0 Å². The molecular weight excluding hydrogens is 354 g/mol. The molecule has 4 rings (SSSR count).